The lowest BCUT2D eigenvalue weighted by Crippen LogP contribution is -2.31. The predicted octanol–water partition coefficient (Wildman–Crippen LogP) is 2.22. The van der Waals surface area contributed by atoms with Gasteiger partial charge in [-0.1, -0.05) is 13.8 Å². The van der Waals surface area contributed by atoms with Crippen LogP contribution in [-0.2, 0) is 6.54 Å². The summed E-state index contributed by atoms with van der Waals surface area (Å²) in [6.07, 6.45) is 1.94. The average molecular weight is 394 g/mol. The van der Waals surface area contributed by atoms with Gasteiger partial charge in [-0.25, -0.2) is 14.2 Å². The summed E-state index contributed by atoms with van der Waals surface area (Å²) in [5.41, 5.74) is -1.72. The van der Waals surface area contributed by atoms with Crippen LogP contribution in [0.4, 0.5) is 14.6 Å². The number of anilines is 1. The SMILES string of the molecule is CCn1cc(C(=O)O)c(=O)c2c(F)c(F)c(N3CCC(CNC(C)C)C3)nc21. The van der Waals surface area contributed by atoms with Crippen molar-refractivity contribution < 1.29 is 18.7 Å². The first-order valence-electron chi connectivity index (χ1n) is 9.38. The number of aryl methyl sites for hydroxylation is 1. The molecule has 3 heterocycles. The second-order valence-corrected chi connectivity index (χ2v) is 7.39. The third-order valence-corrected chi connectivity index (χ3v) is 5.04. The molecular formula is C19H24F2N4O3. The highest BCUT2D eigenvalue weighted by Crippen LogP contribution is 2.29. The molecule has 0 spiro atoms. The van der Waals surface area contributed by atoms with E-state index in [9.17, 15) is 23.5 Å². The van der Waals surface area contributed by atoms with E-state index in [1.807, 2.05) is 13.8 Å². The van der Waals surface area contributed by atoms with Gasteiger partial charge >= 0.3 is 5.97 Å². The maximum Gasteiger partial charge on any atom is 0.341 e. The first kappa shape index (κ1) is 20.2. The molecule has 28 heavy (non-hydrogen) atoms. The van der Waals surface area contributed by atoms with Crippen molar-refractivity contribution in [2.75, 3.05) is 24.5 Å². The first-order valence-corrected chi connectivity index (χ1v) is 9.38. The van der Waals surface area contributed by atoms with Crippen molar-refractivity contribution >= 4 is 22.8 Å². The van der Waals surface area contributed by atoms with Gasteiger partial charge in [0.2, 0.25) is 11.2 Å². The van der Waals surface area contributed by atoms with E-state index in [1.54, 1.807) is 11.8 Å². The van der Waals surface area contributed by atoms with Crippen LogP contribution in [0.2, 0.25) is 0 Å². The maximum atomic E-state index is 14.8. The lowest BCUT2D eigenvalue weighted by atomic mass is 10.1. The molecule has 0 saturated carbocycles. The van der Waals surface area contributed by atoms with Gasteiger partial charge < -0.3 is 19.9 Å². The molecule has 0 amide bonds. The van der Waals surface area contributed by atoms with Crippen LogP contribution < -0.4 is 15.6 Å². The Morgan fingerprint density at radius 1 is 1.39 bits per heavy atom. The molecule has 152 valence electrons. The summed E-state index contributed by atoms with van der Waals surface area (Å²) in [4.78, 5) is 29.6. The van der Waals surface area contributed by atoms with E-state index in [2.05, 4.69) is 10.3 Å². The number of carbonyl (C=O) groups is 1. The van der Waals surface area contributed by atoms with Gasteiger partial charge in [0.05, 0.1) is 0 Å². The maximum absolute atomic E-state index is 14.8. The second kappa shape index (κ2) is 7.83. The molecule has 7 nitrogen and oxygen atoms in total. The number of halogens is 2. The summed E-state index contributed by atoms with van der Waals surface area (Å²) in [7, 11) is 0. The third kappa shape index (κ3) is 3.58. The normalized spacial score (nSPS) is 17.1. The quantitative estimate of drug-likeness (QED) is 0.781. The fourth-order valence-electron chi connectivity index (χ4n) is 3.53. The van der Waals surface area contributed by atoms with Crippen LogP contribution in [-0.4, -0.2) is 46.3 Å². The summed E-state index contributed by atoms with van der Waals surface area (Å²) in [5.74, 6) is -3.91. The molecule has 9 heteroatoms. The number of aromatic carboxylic acids is 1. The Morgan fingerprint density at radius 2 is 2.11 bits per heavy atom. The van der Waals surface area contributed by atoms with Crippen LogP contribution in [0.15, 0.2) is 11.0 Å². The van der Waals surface area contributed by atoms with Gasteiger partial charge in [-0.15, -0.1) is 0 Å². The second-order valence-electron chi connectivity index (χ2n) is 7.39. The molecule has 2 N–H and O–H groups in total. The summed E-state index contributed by atoms with van der Waals surface area (Å²) in [6, 6.07) is 0.337. The van der Waals surface area contributed by atoms with E-state index in [0.717, 1.165) is 19.2 Å². The van der Waals surface area contributed by atoms with Gasteiger partial charge in [0, 0.05) is 31.9 Å². The summed E-state index contributed by atoms with van der Waals surface area (Å²) < 4.78 is 31.0. The van der Waals surface area contributed by atoms with Gasteiger partial charge in [0.25, 0.3) is 0 Å². The van der Waals surface area contributed by atoms with Gasteiger partial charge in [-0.3, -0.25) is 4.79 Å². The van der Waals surface area contributed by atoms with E-state index in [0.29, 0.717) is 19.1 Å². The smallest absolute Gasteiger partial charge is 0.341 e. The number of hydrogen-bond donors (Lipinski definition) is 2. The molecule has 1 aliphatic rings. The van der Waals surface area contributed by atoms with Crippen molar-refractivity contribution in [3.63, 3.8) is 0 Å². The van der Waals surface area contributed by atoms with Crippen molar-refractivity contribution in [3.8, 4) is 0 Å². The fourth-order valence-corrected chi connectivity index (χ4v) is 3.53. The van der Waals surface area contributed by atoms with E-state index in [1.165, 1.54) is 4.57 Å². The largest absolute Gasteiger partial charge is 0.477 e. The zero-order chi connectivity index (χ0) is 20.6. The minimum atomic E-state index is -1.49. The zero-order valence-corrected chi connectivity index (χ0v) is 16.1. The molecule has 1 aliphatic heterocycles. The predicted molar refractivity (Wildman–Crippen MR) is 102 cm³/mol. The Morgan fingerprint density at radius 3 is 2.71 bits per heavy atom. The van der Waals surface area contributed by atoms with Crippen LogP contribution >= 0.6 is 0 Å². The van der Waals surface area contributed by atoms with Crippen molar-refractivity contribution in [3.05, 3.63) is 33.6 Å². The molecule has 1 saturated heterocycles. The molecule has 1 atom stereocenters. The Hall–Kier alpha value is -2.55. The molecule has 2 aromatic heterocycles. The molecular weight excluding hydrogens is 370 g/mol. The highest BCUT2D eigenvalue weighted by atomic mass is 19.2. The molecule has 0 bridgehead atoms. The van der Waals surface area contributed by atoms with Crippen LogP contribution in [0.5, 0.6) is 0 Å². The molecule has 0 aromatic carbocycles. The molecule has 0 aliphatic carbocycles. The molecule has 3 rings (SSSR count). The Balaban J connectivity index is 2.07. The number of fused-ring (bicyclic) bond motifs is 1. The van der Waals surface area contributed by atoms with E-state index in [4.69, 9.17) is 0 Å². The number of aromatic nitrogens is 2. The van der Waals surface area contributed by atoms with Crippen molar-refractivity contribution in [2.24, 2.45) is 5.92 Å². The highest BCUT2D eigenvalue weighted by Gasteiger charge is 2.30. The van der Waals surface area contributed by atoms with Crippen molar-refractivity contribution in [2.45, 2.75) is 39.8 Å². The Labute approximate surface area is 161 Å². The number of pyridine rings is 2. The average Bonchev–Trinajstić information content (AvgIpc) is 3.11. The van der Waals surface area contributed by atoms with Crippen LogP contribution in [0.3, 0.4) is 0 Å². The van der Waals surface area contributed by atoms with Crippen LogP contribution in [0.1, 0.15) is 37.6 Å². The van der Waals surface area contributed by atoms with E-state index < -0.39 is 34.0 Å². The molecule has 1 unspecified atom stereocenters. The number of nitrogens with zero attached hydrogens (tertiary/aromatic N) is 3. The minimum absolute atomic E-state index is 0.0462. The van der Waals surface area contributed by atoms with Gasteiger partial charge in [-0.2, -0.15) is 4.39 Å². The van der Waals surface area contributed by atoms with Gasteiger partial charge in [-0.05, 0) is 25.8 Å². The summed E-state index contributed by atoms with van der Waals surface area (Å²) >= 11 is 0. The minimum Gasteiger partial charge on any atom is -0.477 e. The van der Waals surface area contributed by atoms with Crippen LogP contribution in [0, 0.1) is 17.6 Å². The van der Waals surface area contributed by atoms with Crippen molar-refractivity contribution in [1.82, 2.24) is 14.9 Å². The summed E-state index contributed by atoms with van der Waals surface area (Å²) in [6.45, 7) is 7.88. The van der Waals surface area contributed by atoms with Crippen molar-refractivity contribution in [1.29, 1.82) is 0 Å². The number of nitrogens with one attached hydrogen (secondary N) is 1. The van der Waals surface area contributed by atoms with E-state index in [-0.39, 0.29) is 23.9 Å². The van der Waals surface area contributed by atoms with Crippen LogP contribution in [0.25, 0.3) is 11.0 Å². The standard InChI is InChI=1S/C19H24F2N4O3/c1-4-24-9-12(19(27)28)16(26)13-14(20)15(21)18(23-17(13)24)25-6-5-11(8-25)7-22-10(2)3/h9-11,22H,4-8H2,1-3H3,(H,27,28). The monoisotopic (exact) mass is 394 g/mol. The number of carboxylic acid groups (broad SMARTS) is 1. The third-order valence-electron chi connectivity index (χ3n) is 5.04. The lowest BCUT2D eigenvalue weighted by Gasteiger charge is -2.21. The number of carboxylic acids is 1. The Kier molecular flexibility index (Phi) is 5.64. The topological polar surface area (TPSA) is 87.5 Å². The van der Waals surface area contributed by atoms with Gasteiger partial charge in [0.1, 0.15) is 16.6 Å². The molecule has 1 fully saturated rings. The van der Waals surface area contributed by atoms with E-state index >= 15 is 0 Å². The first-order chi connectivity index (χ1) is 13.2. The van der Waals surface area contributed by atoms with Gasteiger partial charge in [0.15, 0.2) is 11.6 Å². The lowest BCUT2D eigenvalue weighted by molar-refractivity contribution is 0.0695. The molecule has 0 radical (unpaired) electrons. The zero-order valence-electron chi connectivity index (χ0n) is 16.1. The number of rotatable bonds is 6. The fraction of sp³-hybridized carbons (Fsp3) is 0.526. The summed E-state index contributed by atoms with van der Waals surface area (Å²) in [5, 5.41) is 11.9. The Bertz CT molecular complexity index is 974. The molecule has 2 aromatic rings. The highest BCUT2D eigenvalue weighted by molar-refractivity contribution is 5.92. The number of hydrogen-bond acceptors (Lipinski definition) is 5.